The lowest BCUT2D eigenvalue weighted by atomic mass is 10.1. The summed E-state index contributed by atoms with van der Waals surface area (Å²) in [6.07, 6.45) is -0.769. The zero-order chi connectivity index (χ0) is 18.9. The van der Waals surface area contributed by atoms with Crippen LogP contribution in [0.15, 0.2) is 95.9 Å². The lowest BCUT2D eigenvalue weighted by Crippen LogP contribution is -2.35. The van der Waals surface area contributed by atoms with Crippen LogP contribution >= 0.6 is 0 Å². The van der Waals surface area contributed by atoms with Crippen molar-refractivity contribution >= 4 is 15.9 Å². The number of amides is 1. The molecule has 3 aromatic rings. The van der Waals surface area contributed by atoms with Gasteiger partial charge < -0.3 is 5.32 Å². The minimum atomic E-state index is -3.92. The highest BCUT2D eigenvalue weighted by Gasteiger charge is 2.48. The average molecular weight is 378 g/mol. The van der Waals surface area contributed by atoms with Crippen molar-refractivity contribution in [3.8, 4) is 0 Å². The van der Waals surface area contributed by atoms with Crippen LogP contribution in [0, 0.1) is 0 Å². The van der Waals surface area contributed by atoms with Crippen LogP contribution in [0.5, 0.6) is 0 Å². The van der Waals surface area contributed by atoms with Gasteiger partial charge in [0.25, 0.3) is 0 Å². The first-order chi connectivity index (χ1) is 13.1. The van der Waals surface area contributed by atoms with Crippen molar-refractivity contribution in [3.63, 3.8) is 0 Å². The second-order valence-electron chi connectivity index (χ2n) is 6.28. The molecule has 136 valence electrons. The summed E-state index contributed by atoms with van der Waals surface area (Å²) in [4.78, 5) is 13.0. The second kappa shape index (κ2) is 6.98. The Labute approximate surface area is 158 Å². The Morgan fingerprint density at radius 3 is 1.74 bits per heavy atom. The van der Waals surface area contributed by atoms with Gasteiger partial charge in [-0.05, 0) is 23.3 Å². The Kier molecular flexibility index (Phi) is 4.51. The van der Waals surface area contributed by atoms with Gasteiger partial charge >= 0.3 is 0 Å². The molecule has 2 atom stereocenters. The van der Waals surface area contributed by atoms with Crippen molar-refractivity contribution in [2.75, 3.05) is 0 Å². The zero-order valence-electron chi connectivity index (χ0n) is 14.4. The van der Waals surface area contributed by atoms with Crippen LogP contribution in [0.1, 0.15) is 23.3 Å². The monoisotopic (exact) mass is 378 g/mol. The number of rotatable bonds is 4. The second-order valence-corrected chi connectivity index (χ2v) is 8.13. The first-order valence-corrected chi connectivity index (χ1v) is 10.0. The fourth-order valence-electron chi connectivity index (χ4n) is 3.33. The summed E-state index contributed by atoms with van der Waals surface area (Å²) in [6.45, 7) is 0. The molecule has 1 amide bonds. The lowest BCUT2D eigenvalue weighted by Gasteiger charge is -2.27. The highest BCUT2D eigenvalue weighted by molar-refractivity contribution is 7.89. The quantitative estimate of drug-likeness (QED) is 0.758. The van der Waals surface area contributed by atoms with E-state index < -0.39 is 22.2 Å². The van der Waals surface area contributed by atoms with Gasteiger partial charge in [0.2, 0.25) is 15.9 Å². The van der Waals surface area contributed by atoms with Crippen molar-refractivity contribution in [2.24, 2.45) is 0 Å². The summed E-state index contributed by atoms with van der Waals surface area (Å²) in [5.41, 5.74) is 1.34. The molecular weight excluding hydrogens is 360 g/mol. The van der Waals surface area contributed by atoms with E-state index in [4.69, 9.17) is 0 Å². The highest BCUT2D eigenvalue weighted by atomic mass is 32.2. The van der Waals surface area contributed by atoms with Crippen LogP contribution in [-0.4, -0.2) is 18.6 Å². The molecule has 1 aliphatic heterocycles. The standard InChI is InChI=1S/C21H18N2O3S/c24-21-19(16-10-4-1-5-11-16)23(20(22-21)17-12-6-2-7-13-17)27(25,26)18-14-8-3-9-15-18/h1-15,19-20H,(H,22,24). The maximum absolute atomic E-state index is 13.5. The molecule has 1 saturated heterocycles. The molecule has 0 saturated carbocycles. The normalized spacial score (nSPS) is 20.4. The molecule has 3 aromatic carbocycles. The molecule has 1 aliphatic rings. The third-order valence-electron chi connectivity index (χ3n) is 4.59. The summed E-state index contributed by atoms with van der Waals surface area (Å²) in [7, 11) is -3.92. The van der Waals surface area contributed by atoms with Crippen LogP contribution in [0.3, 0.4) is 0 Å². The average Bonchev–Trinajstić information content (AvgIpc) is 3.08. The number of carbonyl (C=O) groups is 1. The van der Waals surface area contributed by atoms with Gasteiger partial charge in [-0.15, -0.1) is 0 Å². The molecule has 1 heterocycles. The highest BCUT2D eigenvalue weighted by Crippen LogP contribution is 2.39. The number of nitrogens with zero attached hydrogens (tertiary/aromatic N) is 1. The Morgan fingerprint density at radius 2 is 1.19 bits per heavy atom. The fourth-order valence-corrected chi connectivity index (χ4v) is 5.02. The van der Waals surface area contributed by atoms with E-state index in [1.54, 1.807) is 54.6 Å². The molecule has 0 aliphatic carbocycles. The molecule has 6 heteroatoms. The molecule has 1 N–H and O–H groups in total. The maximum atomic E-state index is 13.5. The first kappa shape index (κ1) is 17.5. The van der Waals surface area contributed by atoms with Gasteiger partial charge in [0, 0.05) is 0 Å². The van der Waals surface area contributed by atoms with Gasteiger partial charge in [-0.2, -0.15) is 4.31 Å². The Morgan fingerprint density at radius 1 is 0.704 bits per heavy atom. The van der Waals surface area contributed by atoms with E-state index in [1.165, 1.54) is 4.31 Å². The summed E-state index contributed by atoms with van der Waals surface area (Å²) >= 11 is 0. The smallest absolute Gasteiger partial charge is 0.246 e. The Bertz CT molecular complexity index is 1040. The molecular formula is C21H18N2O3S. The van der Waals surface area contributed by atoms with E-state index in [2.05, 4.69) is 5.32 Å². The van der Waals surface area contributed by atoms with Crippen molar-refractivity contribution in [2.45, 2.75) is 17.1 Å². The van der Waals surface area contributed by atoms with E-state index in [1.807, 2.05) is 36.4 Å². The predicted octanol–water partition coefficient (Wildman–Crippen LogP) is 3.25. The van der Waals surface area contributed by atoms with Crippen LogP contribution in [-0.2, 0) is 14.8 Å². The first-order valence-electron chi connectivity index (χ1n) is 8.58. The van der Waals surface area contributed by atoms with E-state index >= 15 is 0 Å². The molecule has 0 radical (unpaired) electrons. The van der Waals surface area contributed by atoms with E-state index in [9.17, 15) is 13.2 Å². The fraction of sp³-hybridized carbons (Fsp3) is 0.0952. The molecule has 2 unspecified atom stereocenters. The third-order valence-corrected chi connectivity index (χ3v) is 6.43. The predicted molar refractivity (Wildman–Crippen MR) is 102 cm³/mol. The van der Waals surface area contributed by atoms with Crippen LogP contribution < -0.4 is 5.32 Å². The molecule has 27 heavy (non-hydrogen) atoms. The molecule has 1 fully saturated rings. The lowest BCUT2D eigenvalue weighted by molar-refractivity contribution is -0.121. The summed E-state index contributed by atoms with van der Waals surface area (Å²) in [6, 6.07) is 25.4. The Hall–Kier alpha value is -2.96. The number of hydrogen-bond acceptors (Lipinski definition) is 3. The number of hydrogen-bond donors (Lipinski definition) is 1. The third kappa shape index (κ3) is 3.13. The van der Waals surface area contributed by atoms with Gasteiger partial charge in [-0.1, -0.05) is 78.9 Å². The van der Waals surface area contributed by atoms with Crippen LogP contribution in [0.4, 0.5) is 0 Å². The van der Waals surface area contributed by atoms with Crippen LogP contribution in [0.25, 0.3) is 0 Å². The largest absolute Gasteiger partial charge is 0.334 e. The summed E-state index contributed by atoms with van der Waals surface area (Å²) in [5, 5.41) is 2.85. The number of sulfonamides is 1. The van der Waals surface area contributed by atoms with Gasteiger partial charge in [-0.25, -0.2) is 8.42 Å². The number of benzene rings is 3. The van der Waals surface area contributed by atoms with Crippen molar-refractivity contribution in [1.82, 2.24) is 9.62 Å². The van der Waals surface area contributed by atoms with Crippen LogP contribution in [0.2, 0.25) is 0 Å². The van der Waals surface area contributed by atoms with Crippen molar-refractivity contribution in [1.29, 1.82) is 0 Å². The van der Waals surface area contributed by atoms with E-state index in [-0.39, 0.29) is 10.8 Å². The van der Waals surface area contributed by atoms with E-state index in [0.717, 1.165) is 0 Å². The van der Waals surface area contributed by atoms with Crippen molar-refractivity contribution in [3.05, 3.63) is 102 Å². The number of carbonyl (C=O) groups excluding carboxylic acids is 1. The topological polar surface area (TPSA) is 66.5 Å². The minimum absolute atomic E-state index is 0.156. The van der Waals surface area contributed by atoms with Crippen molar-refractivity contribution < 1.29 is 13.2 Å². The van der Waals surface area contributed by atoms with Gasteiger partial charge in [-0.3, -0.25) is 4.79 Å². The molecule has 0 spiro atoms. The molecule has 5 nitrogen and oxygen atoms in total. The maximum Gasteiger partial charge on any atom is 0.246 e. The Balaban J connectivity index is 1.88. The molecule has 0 aromatic heterocycles. The molecule has 4 rings (SSSR count). The minimum Gasteiger partial charge on any atom is -0.334 e. The summed E-state index contributed by atoms with van der Waals surface area (Å²) < 4.78 is 28.2. The van der Waals surface area contributed by atoms with Gasteiger partial charge in [0.05, 0.1) is 4.90 Å². The SMILES string of the molecule is O=C1NC(c2ccccc2)N(S(=O)(=O)c2ccccc2)C1c1ccccc1. The van der Waals surface area contributed by atoms with Gasteiger partial charge in [0.15, 0.2) is 0 Å². The van der Waals surface area contributed by atoms with E-state index in [0.29, 0.717) is 11.1 Å². The van der Waals surface area contributed by atoms with Gasteiger partial charge in [0.1, 0.15) is 12.2 Å². The molecule has 0 bridgehead atoms. The summed E-state index contributed by atoms with van der Waals surface area (Å²) in [5.74, 6) is -0.338. The number of nitrogens with one attached hydrogen (secondary N) is 1. The zero-order valence-corrected chi connectivity index (χ0v) is 15.2.